The summed E-state index contributed by atoms with van der Waals surface area (Å²) in [6, 6.07) is 12.0. The zero-order valence-corrected chi connectivity index (χ0v) is 68.4. The third kappa shape index (κ3) is 20.0. The van der Waals surface area contributed by atoms with E-state index < -0.39 is 225 Å². The van der Waals surface area contributed by atoms with Crippen LogP contribution in [0.15, 0.2) is 121 Å². The first kappa shape index (κ1) is 88.9. The SMILES string of the molecule is CN[C@H](CC(C)C)C(=O)N[C@H]1C(=O)N[C@@H](CC(N)=O)C(=O)N[C@H]2C(=O)N[C@H]3C(=O)N[C@H](C(=O)N[C@H](C(=O)O)c4cc(O)cc(O)c4-c4cc3ccc4O)[C@H](O)c3ccc(c(Cl)c3)Oc3cc2cc(c3O[C@@H]2O[C@H](CN(C)C)[C@@H](O)[C@H](O)[C@H]2O[C@H]2C[C@](C)(NCc3ccc(OCc4ccc(Cl)c(Cl)c4)cc3)[C@H](O)[C@H](C)O2)Oc2ccc(cc2Cl)[C@H]1O. The molecular weight excluding hydrogens is 1650 g/mol. The van der Waals surface area contributed by atoms with Crippen molar-refractivity contribution in [2.24, 2.45) is 11.7 Å². The van der Waals surface area contributed by atoms with Crippen LogP contribution >= 0.6 is 46.4 Å². The Labute approximate surface area is 706 Å². The third-order valence-electron chi connectivity index (χ3n) is 21.1. The van der Waals surface area contributed by atoms with Gasteiger partial charge < -0.3 is 132 Å². The number of nitrogens with two attached hydrogens (primary N) is 1. The Morgan fingerprint density at radius 2 is 1.28 bits per heavy atom. The van der Waals surface area contributed by atoms with Crippen LogP contribution in [0.4, 0.5) is 0 Å². The summed E-state index contributed by atoms with van der Waals surface area (Å²) in [5.41, 5.74) is 3.34. The molecule has 19 N–H and O–H groups in total. The highest BCUT2D eigenvalue weighted by atomic mass is 35.5. The summed E-state index contributed by atoms with van der Waals surface area (Å²) >= 11 is 26.8. The lowest BCUT2D eigenvalue weighted by atomic mass is 9.84. The normalized spacial score (nSPS) is 26.6. The van der Waals surface area contributed by atoms with Crippen molar-refractivity contribution in [1.29, 1.82) is 0 Å². The molecule has 0 aliphatic carbocycles. The minimum atomic E-state index is -2.35. The van der Waals surface area contributed by atoms with E-state index in [9.17, 15) is 60.3 Å². The van der Waals surface area contributed by atoms with Gasteiger partial charge in [-0.15, -0.1) is 0 Å². The summed E-state index contributed by atoms with van der Waals surface area (Å²) in [5, 5.41) is 128. The van der Waals surface area contributed by atoms with E-state index in [0.29, 0.717) is 15.8 Å². The Balaban J connectivity index is 1.03. The Bertz CT molecular complexity index is 5070. The van der Waals surface area contributed by atoms with E-state index in [0.717, 1.165) is 71.8 Å². The van der Waals surface area contributed by atoms with Crippen LogP contribution in [0.25, 0.3) is 11.1 Å². The number of phenols is 3. The second-order valence-corrected chi connectivity index (χ2v) is 32.4. The van der Waals surface area contributed by atoms with Crippen LogP contribution in [0, 0.1) is 5.92 Å². The van der Waals surface area contributed by atoms with Crippen molar-refractivity contribution in [3.63, 3.8) is 0 Å². The Kier molecular flexibility index (Phi) is 27.6. The van der Waals surface area contributed by atoms with Crippen molar-refractivity contribution in [2.45, 2.75) is 169 Å². The molecule has 38 heteroatoms. The zero-order chi connectivity index (χ0) is 86.8. The standard InChI is InChI=1S/C82H90Cl4N10O24/c1-34(2)20-50(88-5)74(106)94-65-67(101)39-12-18-54(48(85)23-39)116-56-25-41-26-57(71(56)120-81-72(70(104)69(103)58(118-81)32-96(6)7)119-60-30-82(4,73(105)35(3)115-60)89-31-36-8-14-43(15-9-36)114-33-37-10-16-46(83)47(84)21-37)117-55-19-13-40(24-49(55)86)68(102)66-79(111)93-64(80(112)113)45-27-42(97)28-53(99)61(45)44-22-38(11-17-52(44)98)62(76(108)95-66)92-77(109)63(41)91-75(107)51(29-59(87)100)90-78(65)110/h8-19,21-28,34-35,50-51,58,60,62-70,72-73,81,88-89,97-99,101-105H,20,29-33H2,1-7H3,(H2,87,100)(H,90,110)(H,91,107)(H,92,109)(H,93,111)(H,94,106)(H,95,108)(H,112,113)/t35-,50+,51-,58+,60-,62+,63+,64-,65+,66-,67+,68+,69+,70-,72+,73+,81-,82-/m0/s1. The van der Waals surface area contributed by atoms with E-state index in [1.165, 1.54) is 25.2 Å². The number of benzene rings is 7. The molecule has 7 heterocycles. The molecule has 0 spiro atoms. The van der Waals surface area contributed by atoms with Crippen molar-refractivity contribution in [3.8, 4) is 62.9 Å². The monoisotopic (exact) mass is 1740 g/mol. The minimum absolute atomic E-state index is 0.104. The fraction of sp³-hybridized carbons (Fsp3) is 0.390. The van der Waals surface area contributed by atoms with Gasteiger partial charge in [0.1, 0.15) is 102 Å². The number of likely N-dealkylation sites (N-methyl/N-ethyl adjacent to an activating group) is 2. The van der Waals surface area contributed by atoms with E-state index in [-0.39, 0.29) is 71.7 Å². The molecule has 14 rings (SSSR count). The van der Waals surface area contributed by atoms with Crippen molar-refractivity contribution in [3.05, 3.63) is 180 Å². The fourth-order valence-electron chi connectivity index (χ4n) is 14.8. The highest BCUT2D eigenvalue weighted by Crippen LogP contribution is 2.50. The number of carbonyl (C=O) groups is 8. The summed E-state index contributed by atoms with van der Waals surface area (Å²) in [6.07, 6.45) is -17.8. The number of aliphatic hydroxyl groups excluding tert-OH is 5. The molecule has 18 atom stereocenters. The molecule has 7 aliphatic rings. The summed E-state index contributed by atoms with van der Waals surface area (Å²) in [5.74, 6) is -15.2. The number of hydrogen-bond donors (Lipinski definition) is 18. The maximum atomic E-state index is 16.3. The van der Waals surface area contributed by atoms with Crippen molar-refractivity contribution in [2.75, 3.05) is 27.7 Å². The molecule has 34 nitrogen and oxygen atoms in total. The van der Waals surface area contributed by atoms with Gasteiger partial charge in [-0.25, -0.2) is 4.79 Å². The van der Waals surface area contributed by atoms with Gasteiger partial charge >= 0.3 is 5.97 Å². The molecule has 7 amide bonds. The lowest BCUT2D eigenvalue weighted by Crippen LogP contribution is -2.65. The quantitative estimate of drug-likeness (QED) is 0.0454. The molecule has 7 aliphatic heterocycles. The lowest BCUT2D eigenvalue weighted by molar-refractivity contribution is -0.333. The largest absolute Gasteiger partial charge is 0.508 e. The summed E-state index contributed by atoms with van der Waals surface area (Å²) in [7, 11) is 4.78. The predicted molar refractivity (Wildman–Crippen MR) is 431 cm³/mol. The number of aliphatic carboxylic acids is 1. The fourth-order valence-corrected chi connectivity index (χ4v) is 15.6. The molecule has 11 bridgehead atoms. The van der Waals surface area contributed by atoms with Gasteiger partial charge in [0.05, 0.1) is 44.8 Å². The predicted octanol–water partition coefficient (Wildman–Crippen LogP) is 5.39. The number of amides is 7. The van der Waals surface area contributed by atoms with Crippen LogP contribution in [0.2, 0.25) is 20.1 Å². The summed E-state index contributed by atoms with van der Waals surface area (Å²) in [6.45, 7) is 7.23. The number of ether oxygens (including phenoxy) is 7. The van der Waals surface area contributed by atoms with Crippen molar-refractivity contribution < 1.29 is 117 Å². The number of halogens is 4. The van der Waals surface area contributed by atoms with Crippen LogP contribution in [0.3, 0.4) is 0 Å². The van der Waals surface area contributed by atoms with Gasteiger partial charge in [-0.3, -0.25) is 33.6 Å². The second-order valence-electron chi connectivity index (χ2n) is 30.7. The first-order valence-electron chi connectivity index (χ1n) is 38.0. The average Bonchev–Trinajstić information content (AvgIpc) is 0.785. The number of aromatic hydroxyl groups is 3. The van der Waals surface area contributed by atoms with Gasteiger partial charge in [-0.2, -0.15) is 0 Å². The van der Waals surface area contributed by atoms with Crippen LogP contribution in [-0.2, 0) is 65.7 Å². The van der Waals surface area contributed by atoms with E-state index >= 15 is 24.0 Å². The van der Waals surface area contributed by atoms with Gasteiger partial charge in [0.25, 0.3) is 0 Å². The number of carboxylic acids is 1. The van der Waals surface area contributed by atoms with Crippen molar-refractivity contribution in [1.82, 2.24) is 47.4 Å². The topological polar surface area (TPSA) is 509 Å². The van der Waals surface area contributed by atoms with Crippen LogP contribution in [-0.4, -0.2) is 205 Å². The Morgan fingerprint density at radius 1 is 0.658 bits per heavy atom. The number of rotatable bonds is 20. The molecule has 2 saturated heterocycles. The van der Waals surface area contributed by atoms with Crippen LogP contribution in [0.1, 0.15) is 116 Å². The number of nitrogens with zero attached hydrogens (tertiary/aromatic N) is 1. The van der Waals surface area contributed by atoms with Gasteiger partial charge in [-0.1, -0.05) is 96.6 Å². The van der Waals surface area contributed by atoms with Crippen molar-refractivity contribution >= 4 is 93.7 Å². The highest BCUT2D eigenvalue weighted by molar-refractivity contribution is 6.42. The first-order valence-corrected chi connectivity index (χ1v) is 39.5. The molecule has 0 saturated carbocycles. The number of hydrogen-bond acceptors (Lipinski definition) is 26. The Morgan fingerprint density at radius 3 is 1.90 bits per heavy atom. The molecule has 0 aromatic heterocycles. The number of phenolic OH excluding ortho intramolecular Hbond substituents is 3. The zero-order valence-electron chi connectivity index (χ0n) is 65.4. The number of carbonyl (C=O) groups excluding carboxylic acids is 7. The maximum Gasteiger partial charge on any atom is 0.330 e. The Hall–Kier alpha value is -10.4. The van der Waals surface area contributed by atoms with Gasteiger partial charge in [0, 0.05) is 47.8 Å². The van der Waals surface area contributed by atoms with Gasteiger partial charge in [0.2, 0.25) is 53.4 Å². The molecule has 7 aromatic carbocycles. The molecule has 2 fully saturated rings. The number of aliphatic hydroxyl groups is 5. The summed E-state index contributed by atoms with van der Waals surface area (Å²) < 4.78 is 46.4. The number of primary amides is 1. The smallest absolute Gasteiger partial charge is 0.330 e. The van der Waals surface area contributed by atoms with Gasteiger partial charge in [-0.05, 0) is 160 Å². The second kappa shape index (κ2) is 37.3. The number of fused-ring (bicyclic) bond motifs is 15. The highest BCUT2D eigenvalue weighted by Gasteiger charge is 2.52. The molecule has 640 valence electrons. The molecule has 120 heavy (non-hydrogen) atoms. The molecular formula is C82H90Cl4N10O24. The molecule has 0 unspecified atom stereocenters. The molecule has 0 radical (unpaired) electrons. The maximum absolute atomic E-state index is 16.3. The van der Waals surface area contributed by atoms with E-state index in [1.807, 2.05) is 26.0 Å². The molecule has 7 aromatic rings. The third-order valence-corrected chi connectivity index (χ3v) is 22.4. The average molecular weight is 1740 g/mol. The van der Waals surface area contributed by atoms with E-state index in [2.05, 4.69) is 42.5 Å². The van der Waals surface area contributed by atoms with Gasteiger partial charge in [0.15, 0.2) is 29.9 Å². The van der Waals surface area contributed by atoms with Crippen LogP contribution in [0.5, 0.6) is 51.7 Å². The minimum Gasteiger partial charge on any atom is -0.508 e. The summed E-state index contributed by atoms with van der Waals surface area (Å²) in [4.78, 5) is 120. The number of nitrogens with one attached hydrogen (secondary N) is 8. The van der Waals surface area contributed by atoms with E-state index in [4.69, 9.17) is 85.3 Å². The first-order chi connectivity index (χ1) is 56.8. The van der Waals surface area contributed by atoms with E-state index in [1.54, 1.807) is 63.2 Å². The lowest BCUT2D eigenvalue weighted by Gasteiger charge is -2.48. The number of carboxylic acid groups (broad SMARTS) is 1. The van der Waals surface area contributed by atoms with Crippen LogP contribution < -0.4 is 67.2 Å².